The fourth-order valence-corrected chi connectivity index (χ4v) is 3.51. The molecule has 6 nitrogen and oxygen atoms in total. The second kappa shape index (κ2) is 7.48. The second-order valence-corrected chi connectivity index (χ2v) is 7.96. The van der Waals surface area contributed by atoms with Crippen molar-refractivity contribution >= 4 is 22.8 Å². The molecular formula is C20H28N4O2. The van der Waals surface area contributed by atoms with E-state index in [0.29, 0.717) is 25.4 Å². The molecule has 0 bridgehead atoms. The molecule has 2 amide bonds. The normalized spacial score (nSPS) is 18.9. The van der Waals surface area contributed by atoms with E-state index in [4.69, 9.17) is 0 Å². The Balaban J connectivity index is 1.72. The number of carbonyl (C=O) groups excluding carboxylic acids is 2. The molecule has 1 aliphatic rings. The number of hydrogen-bond acceptors (Lipinski definition) is 3. The zero-order valence-electron chi connectivity index (χ0n) is 16.0. The number of rotatable bonds is 6. The van der Waals surface area contributed by atoms with Crippen molar-refractivity contribution in [3.05, 3.63) is 30.1 Å². The van der Waals surface area contributed by atoms with Crippen LogP contribution in [-0.2, 0) is 9.59 Å². The molecule has 26 heavy (non-hydrogen) atoms. The van der Waals surface area contributed by atoms with Gasteiger partial charge in [0.1, 0.15) is 5.82 Å². The number of fused-ring (bicyclic) bond motifs is 1. The highest BCUT2D eigenvalue weighted by molar-refractivity contribution is 5.89. The zero-order chi connectivity index (χ0) is 18.8. The standard InChI is InChI=1S/C20H28N4O2/c1-12(2)10-24-11-14(9-17(24)25)20(26)23-18(13(3)4)19-21-15-7-5-6-8-16(15)22-19/h5-8,12-14,18H,9-11H2,1-4H3,(H,21,22)(H,23,26)/t14?,18-/m0/s1. The Kier molecular flexibility index (Phi) is 5.30. The first-order chi connectivity index (χ1) is 12.3. The quantitative estimate of drug-likeness (QED) is 0.835. The van der Waals surface area contributed by atoms with Gasteiger partial charge < -0.3 is 15.2 Å². The first-order valence-electron chi connectivity index (χ1n) is 9.38. The fourth-order valence-electron chi connectivity index (χ4n) is 3.51. The summed E-state index contributed by atoms with van der Waals surface area (Å²) in [5.41, 5.74) is 1.85. The van der Waals surface area contributed by atoms with Gasteiger partial charge in [-0.15, -0.1) is 0 Å². The highest BCUT2D eigenvalue weighted by atomic mass is 16.2. The molecule has 140 valence electrons. The minimum Gasteiger partial charge on any atom is -0.346 e. The first kappa shape index (κ1) is 18.4. The van der Waals surface area contributed by atoms with Crippen LogP contribution >= 0.6 is 0 Å². The van der Waals surface area contributed by atoms with Crippen LogP contribution in [0.15, 0.2) is 24.3 Å². The largest absolute Gasteiger partial charge is 0.346 e. The van der Waals surface area contributed by atoms with Crippen LogP contribution in [0.3, 0.4) is 0 Å². The van der Waals surface area contributed by atoms with Crippen LogP contribution in [0.1, 0.15) is 46.0 Å². The molecule has 1 aromatic heterocycles. The van der Waals surface area contributed by atoms with Crippen LogP contribution in [0.2, 0.25) is 0 Å². The molecule has 0 radical (unpaired) electrons. The number of amides is 2. The monoisotopic (exact) mass is 356 g/mol. The summed E-state index contributed by atoms with van der Waals surface area (Å²) < 4.78 is 0. The molecule has 2 N–H and O–H groups in total. The van der Waals surface area contributed by atoms with Crippen molar-refractivity contribution in [2.24, 2.45) is 17.8 Å². The molecule has 1 aromatic carbocycles. The van der Waals surface area contributed by atoms with Gasteiger partial charge in [-0.1, -0.05) is 39.8 Å². The molecule has 2 heterocycles. The van der Waals surface area contributed by atoms with Gasteiger partial charge in [0.05, 0.1) is 23.0 Å². The number of imidazole rings is 1. The van der Waals surface area contributed by atoms with E-state index in [-0.39, 0.29) is 29.7 Å². The number of H-pyrrole nitrogens is 1. The molecule has 0 spiro atoms. The Bertz CT molecular complexity index is 763. The van der Waals surface area contributed by atoms with Gasteiger partial charge in [0.2, 0.25) is 11.8 Å². The number of para-hydroxylation sites is 2. The van der Waals surface area contributed by atoms with Crippen molar-refractivity contribution in [1.29, 1.82) is 0 Å². The zero-order valence-corrected chi connectivity index (χ0v) is 16.0. The van der Waals surface area contributed by atoms with Crippen molar-refractivity contribution in [1.82, 2.24) is 20.2 Å². The van der Waals surface area contributed by atoms with Crippen molar-refractivity contribution in [2.75, 3.05) is 13.1 Å². The minimum atomic E-state index is -0.285. The Morgan fingerprint density at radius 3 is 2.69 bits per heavy atom. The maximum atomic E-state index is 12.8. The van der Waals surface area contributed by atoms with Gasteiger partial charge in [0.15, 0.2) is 0 Å². The van der Waals surface area contributed by atoms with Gasteiger partial charge in [-0.25, -0.2) is 4.98 Å². The third kappa shape index (κ3) is 3.89. The van der Waals surface area contributed by atoms with E-state index in [1.165, 1.54) is 0 Å². The average Bonchev–Trinajstić information content (AvgIpc) is 3.15. The summed E-state index contributed by atoms with van der Waals surface area (Å²) in [7, 11) is 0. The number of nitrogens with one attached hydrogen (secondary N) is 2. The van der Waals surface area contributed by atoms with Crippen molar-refractivity contribution in [3.8, 4) is 0 Å². The molecule has 6 heteroatoms. The van der Waals surface area contributed by atoms with E-state index in [1.54, 1.807) is 4.90 Å². The summed E-state index contributed by atoms with van der Waals surface area (Å²) in [5, 5.41) is 3.12. The predicted molar refractivity (Wildman–Crippen MR) is 101 cm³/mol. The summed E-state index contributed by atoms with van der Waals surface area (Å²) in [6, 6.07) is 7.63. The van der Waals surface area contributed by atoms with Crippen LogP contribution in [0.25, 0.3) is 11.0 Å². The van der Waals surface area contributed by atoms with E-state index in [2.05, 4.69) is 43.0 Å². The topological polar surface area (TPSA) is 78.1 Å². The van der Waals surface area contributed by atoms with Gasteiger partial charge in [0, 0.05) is 19.5 Å². The van der Waals surface area contributed by atoms with E-state index in [0.717, 1.165) is 16.9 Å². The summed E-state index contributed by atoms with van der Waals surface area (Å²) in [5.74, 6) is 1.07. The molecule has 1 unspecified atom stereocenters. The van der Waals surface area contributed by atoms with Gasteiger partial charge in [-0.05, 0) is 24.0 Å². The lowest BCUT2D eigenvalue weighted by atomic mass is 10.0. The lowest BCUT2D eigenvalue weighted by Gasteiger charge is -2.23. The van der Waals surface area contributed by atoms with Crippen LogP contribution < -0.4 is 5.32 Å². The van der Waals surface area contributed by atoms with Crippen molar-refractivity contribution in [2.45, 2.75) is 40.2 Å². The van der Waals surface area contributed by atoms with Crippen molar-refractivity contribution in [3.63, 3.8) is 0 Å². The first-order valence-corrected chi connectivity index (χ1v) is 9.38. The minimum absolute atomic E-state index is 0.0660. The average molecular weight is 356 g/mol. The highest BCUT2D eigenvalue weighted by Gasteiger charge is 2.36. The number of aromatic amines is 1. The molecular weight excluding hydrogens is 328 g/mol. The summed E-state index contributed by atoms with van der Waals surface area (Å²) in [4.78, 5) is 34.7. The molecule has 1 saturated heterocycles. The molecule has 1 fully saturated rings. The Labute approximate surface area is 154 Å². The number of aromatic nitrogens is 2. The van der Waals surface area contributed by atoms with Crippen LogP contribution in [0.4, 0.5) is 0 Å². The lowest BCUT2D eigenvalue weighted by molar-refractivity contribution is -0.129. The third-order valence-corrected chi connectivity index (χ3v) is 4.84. The van der Waals surface area contributed by atoms with Gasteiger partial charge in [0.25, 0.3) is 0 Å². The van der Waals surface area contributed by atoms with E-state index in [1.807, 2.05) is 24.3 Å². The molecule has 0 aliphatic carbocycles. The Morgan fingerprint density at radius 2 is 2.04 bits per heavy atom. The molecule has 1 aliphatic heterocycles. The SMILES string of the molecule is CC(C)CN1CC(C(=O)N[C@H](c2nc3ccccc3[nH]2)C(C)C)CC1=O. The smallest absolute Gasteiger partial charge is 0.226 e. The maximum absolute atomic E-state index is 12.8. The number of carbonyl (C=O) groups is 2. The number of nitrogens with zero attached hydrogens (tertiary/aromatic N) is 2. The van der Waals surface area contributed by atoms with Crippen LogP contribution in [-0.4, -0.2) is 39.8 Å². The van der Waals surface area contributed by atoms with Gasteiger partial charge >= 0.3 is 0 Å². The van der Waals surface area contributed by atoms with Gasteiger partial charge in [-0.3, -0.25) is 9.59 Å². The second-order valence-electron chi connectivity index (χ2n) is 7.96. The third-order valence-electron chi connectivity index (χ3n) is 4.84. The molecule has 2 atom stereocenters. The summed E-state index contributed by atoms with van der Waals surface area (Å²) in [6.07, 6.45) is 0.295. The maximum Gasteiger partial charge on any atom is 0.226 e. The van der Waals surface area contributed by atoms with E-state index in [9.17, 15) is 9.59 Å². The summed E-state index contributed by atoms with van der Waals surface area (Å²) >= 11 is 0. The lowest BCUT2D eigenvalue weighted by Crippen LogP contribution is -2.38. The van der Waals surface area contributed by atoms with Crippen LogP contribution in [0.5, 0.6) is 0 Å². The summed E-state index contributed by atoms with van der Waals surface area (Å²) in [6.45, 7) is 9.49. The molecule has 0 saturated carbocycles. The Hall–Kier alpha value is -2.37. The number of likely N-dealkylation sites (tertiary alicyclic amines) is 1. The molecule has 2 aromatic rings. The van der Waals surface area contributed by atoms with E-state index >= 15 is 0 Å². The molecule has 3 rings (SSSR count). The predicted octanol–water partition coefficient (Wildman–Crippen LogP) is 2.88. The van der Waals surface area contributed by atoms with Crippen LogP contribution in [0, 0.1) is 17.8 Å². The van der Waals surface area contributed by atoms with E-state index < -0.39 is 0 Å². The highest BCUT2D eigenvalue weighted by Crippen LogP contribution is 2.25. The Morgan fingerprint density at radius 1 is 1.31 bits per heavy atom. The fraction of sp³-hybridized carbons (Fsp3) is 0.550. The van der Waals surface area contributed by atoms with Gasteiger partial charge in [-0.2, -0.15) is 0 Å². The van der Waals surface area contributed by atoms with Crippen molar-refractivity contribution < 1.29 is 9.59 Å². The number of benzene rings is 1. The number of hydrogen-bond donors (Lipinski definition) is 2.